The van der Waals surface area contributed by atoms with Crippen LogP contribution < -0.4 is 9.64 Å². The van der Waals surface area contributed by atoms with Gasteiger partial charge in [0, 0.05) is 31.4 Å². The van der Waals surface area contributed by atoms with Crippen LogP contribution in [-0.4, -0.2) is 40.5 Å². The molecule has 0 aliphatic rings. The average Bonchev–Trinajstić information content (AvgIpc) is 2.68. The summed E-state index contributed by atoms with van der Waals surface area (Å²) in [7, 11) is 1.86. The first-order valence-electron chi connectivity index (χ1n) is 8.05. The molecule has 6 heteroatoms. The maximum absolute atomic E-state index is 8.96. The van der Waals surface area contributed by atoms with Gasteiger partial charge in [-0.05, 0) is 23.8 Å². The summed E-state index contributed by atoms with van der Waals surface area (Å²) in [5.41, 5.74) is 2.71. The molecule has 0 aliphatic carbocycles. The van der Waals surface area contributed by atoms with Gasteiger partial charge in [-0.1, -0.05) is 30.3 Å². The van der Waals surface area contributed by atoms with Crippen molar-refractivity contribution in [3.8, 4) is 17.1 Å². The molecule has 2 aromatic heterocycles. The molecule has 0 atom stereocenters. The van der Waals surface area contributed by atoms with Crippen LogP contribution in [0.3, 0.4) is 0 Å². The normalized spacial score (nSPS) is 10.5. The van der Waals surface area contributed by atoms with E-state index in [2.05, 4.69) is 15.2 Å². The van der Waals surface area contributed by atoms with E-state index in [4.69, 9.17) is 9.84 Å². The van der Waals surface area contributed by atoms with E-state index in [0.29, 0.717) is 24.8 Å². The smallest absolute Gasteiger partial charge is 0.213 e. The fourth-order valence-electron chi connectivity index (χ4n) is 2.30. The van der Waals surface area contributed by atoms with Gasteiger partial charge in [-0.25, -0.2) is 4.98 Å². The summed E-state index contributed by atoms with van der Waals surface area (Å²) >= 11 is 0. The number of anilines is 1. The van der Waals surface area contributed by atoms with Crippen molar-refractivity contribution in [1.82, 2.24) is 15.2 Å². The van der Waals surface area contributed by atoms with Crippen LogP contribution >= 0.6 is 0 Å². The lowest BCUT2D eigenvalue weighted by atomic mass is 10.2. The highest BCUT2D eigenvalue weighted by atomic mass is 16.5. The Bertz CT molecular complexity index is 777. The number of aromatic nitrogens is 3. The van der Waals surface area contributed by atoms with Crippen molar-refractivity contribution in [3.63, 3.8) is 0 Å². The molecular formula is C19H20N4O2. The minimum Gasteiger partial charge on any atom is -0.473 e. The monoisotopic (exact) mass is 336 g/mol. The van der Waals surface area contributed by atoms with Gasteiger partial charge in [0.1, 0.15) is 6.61 Å². The summed E-state index contributed by atoms with van der Waals surface area (Å²) in [6, 6.07) is 17.5. The standard InChI is InChI=1S/C19H20N4O2/c1-23(11-12-24)18-9-8-17(21-22-18)16-7-10-19(20-13-16)25-14-15-5-3-2-4-6-15/h2-10,13,24H,11-12,14H2,1H3. The van der Waals surface area contributed by atoms with E-state index in [0.717, 1.165) is 16.8 Å². The van der Waals surface area contributed by atoms with Gasteiger partial charge in [0.25, 0.3) is 0 Å². The molecule has 25 heavy (non-hydrogen) atoms. The van der Waals surface area contributed by atoms with E-state index in [1.165, 1.54) is 0 Å². The number of rotatable bonds is 7. The third-order valence-corrected chi connectivity index (χ3v) is 3.74. The van der Waals surface area contributed by atoms with E-state index in [1.807, 2.05) is 66.5 Å². The summed E-state index contributed by atoms with van der Waals surface area (Å²) in [6.07, 6.45) is 1.72. The average molecular weight is 336 g/mol. The quantitative estimate of drug-likeness (QED) is 0.715. The molecule has 2 heterocycles. The fourth-order valence-corrected chi connectivity index (χ4v) is 2.30. The highest BCUT2D eigenvalue weighted by Crippen LogP contribution is 2.19. The van der Waals surface area contributed by atoms with Gasteiger partial charge >= 0.3 is 0 Å². The van der Waals surface area contributed by atoms with Crippen LogP contribution in [0.25, 0.3) is 11.3 Å². The number of aliphatic hydroxyl groups is 1. The van der Waals surface area contributed by atoms with Crippen molar-refractivity contribution in [2.24, 2.45) is 0 Å². The molecule has 0 fully saturated rings. The molecule has 0 radical (unpaired) electrons. The first-order chi connectivity index (χ1) is 12.3. The Morgan fingerprint density at radius 1 is 1.00 bits per heavy atom. The van der Waals surface area contributed by atoms with Gasteiger partial charge in [0.2, 0.25) is 5.88 Å². The molecule has 0 spiro atoms. The molecule has 0 unspecified atom stereocenters. The van der Waals surface area contributed by atoms with Gasteiger partial charge in [-0.2, -0.15) is 0 Å². The van der Waals surface area contributed by atoms with Crippen molar-refractivity contribution in [2.45, 2.75) is 6.61 Å². The summed E-state index contributed by atoms with van der Waals surface area (Å²) in [5.74, 6) is 1.29. The highest BCUT2D eigenvalue weighted by molar-refractivity contribution is 5.59. The molecule has 128 valence electrons. The van der Waals surface area contributed by atoms with E-state index >= 15 is 0 Å². The maximum atomic E-state index is 8.96. The molecule has 0 bridgehead atoms. The van der Waals surface area contributed by atoms with Crippen LogP contribution in [0.4, 0.5) is 5.82 Å². The Morgan fingerprint density at radius 2 is 1.84 bits per heavy atom. The van der Waals surface area contributed by atoms with Crippen LogP contribution in [0, 0.1) is 0 Å². The lowest BCUT2D eigenvalue weighted by Crippen LogP contribution is -2.22. The second kappa shape index (κ2) is 8.21. The molecule has 0 aliphatic heterocycles. The van der Waals surface area contributed by atoms with Crippen molar-refractivity contribution < 1.29 is 9.84 Å². The van der Waals surface area contributed by atoms with Crippen LogP contribution in [0.1, 0.15) is 5.56 Å². The van der Waals surface area contributed by atoms with Crippen LogP contribution in [-0.2, 0) is 6.61 Å². The first-order valence-corrected chi connectivity index (χ1v) is 8.05. The van der Waals surface area contributed by atoms with Gasteiger partial charge in [-0.15, -0.1) is 10.2 Å². The fraction of sp³-hybridized carbons (Fsp3) is 0.211. The van der Waals surface area contributed by atoms with E-state index in [-0.39, 0.29) is 6.61 Å². The largest absolute Gasteiger partial charge is 0.473 e. The number of hydrogen-bond acceptors (Lipinski definition) is 6. The Labute approximate surface area is 146 Å². The lowest BCUT2D eigenvalue weighted by Gasteiger charge is -2.15. The summed E-state index contributed by atoms with van der Waals surface area (Å²) in [4.78, 5) is 6.17. The number of hydrogen-bond donors (Lipinski definition) is 1. The molecule has 0 saturated heterocycles. The summed E-state index contributed by atoms with van der Waals surface area (Å²) in [6.45, 7) is 1.08. The van der Waals surface area contributed by atoms with Crippen LogP contribution in [0.2, 0.25) is 0 Å². The Morgan fingerprint density at radius 3 is 2.48 bits per heavy atom. The molecule has 6 nitrogen and oxygen atoms in total. The van der Waals surface area contributed by atoms with E-state index in [1.54, 1.807) is 6.20 Å². The maximum Gasteiger partial charge on any atom is 0.213 e. The Kier molecular flexibility index (Phi) is 5.53. The van der Waals surface area contributed by atoms with Crippen molar-refractivity contribution in [1.29, 1.82) is 0 Å². The minimum atomic E-state index is 0.0777. The second-order valence-electron chi connectivity index (χ2n) is 5.58. The number of nitrogens with zero attached hydrogens (tertiary/aromatic N) is 4. The predicted molar refractivity (Wildman–Crippen MR) is 96.4 cm³/mol. The van der Waals surface area contributed by atoms with E-state index < -0.39 is 0 Å². The zero-order chi connectivity index (χ0) is 17.5. The zero-order valence-electron chi connectivity index (χ0n) is 14.0. The van der Waals surface area contributed by atoms with Crippen LogP contribution in [0.15, 0.2) is 60.8 Å². The minimum absolute atomic E-state index is 0.0777. The zero-order valence-corrected chi connectivity index (χ0v) is 14.0. The third-order valence-electron chi connectivity index (χ3n) is 3.74. The van der Waals surface area contributed by atoms with Gasteiger partial charge in [0.05, 0.1) is 12.3 Å². The summed E-state index contributed by atoms with van der Waals surface area (Å²) in [5, 5.41) is 17.4. The Balaban J connectivity index is 1.63. The van der Waals surface area contributed by atoms with Gasteiger partial charge < -0.3 is 14.7 Å². The Hall–Kier alpha value is -2.99. The lowest BCUT2D eigenvalue weighted by molar-refractivity contribution is 0.294. The number of pyridine rings is 1. The van der Waals surface area contributed by atoms with Crippen molar-refractivity contribution in [2.75, 3.05) is 25.1 Å². The molecule has 0 amide bonds. The molecule has 3 aromatic rings. The molecule has 1 aromatic carbocycles. The third kappa shape index (κ3) is 4.51. The number of ether oxygens (including phenoxy) is 1. The van der Waals surface area contributed by atoms with E-state index in [9.17, 15) is 0 Å². The number of aliphatic hydroxyl groups excluding tert-OH is 1. The molecule has 1 N–H and O–H groups in total. The number of likely N-dealkylation sites (N-methyl/N-ethyl adjacent to an activating group) is 1. The highest BCUT2D eigenvalue weighted by Gasteiger charge is 2.06. The first kappa shape index (κ1) is 16.9. The SMILES string of the molecule is CN(CCO)c1ccc(-c2ccc(OCc3ccccc3)nc2)nn1. The molecule has 3 rings (SSSR count). The second-order valence-corrected chi connectivity index (χ2v) is 5.58. The molecule has 0 saturated carbocycles. The molecular weight excluding hydrogens is 316 g/mol. The van der Waals surface area contributed by atoms with Crippen molar-refractivity contribution >= 4 is 5.82 Å². The number of benzene rings is 1. The predicted octanol–water partition coefficient (Wildman–Crippen LogP) is 2.55. The topological polar surface area (TPSA) is 71.4 Å². The van der Waals surface area contributed by atoms with Gasteiger partial charge in [-0.3, -0.25) is 0 Å². The van der Waals surface area contributed by atoms with Crippen LogP contribution in [0.5, 0.6) is 5.88 Å². The van der Waals surface area contributed by atoms with Crippen molar-refractivity contribution in [3.05, 3.63) is 66.4 Å². The van der Waals surface area contributed by atoms with Gasteiger partial charge in [0.15, 0.2) is 5.82 Å². The summed E-state index contributed by atoms with van der Waals surface area (Å²) < 4.78 is 5.68.